The molecule has 0 saturated carbocycles. The first-order valence-electron chi connectivity index (χ1n) is 7.21. The minimum absolute atomic E-state index is 0.00868. The van der Waals surface area contributed by atoms with Gasteiger partial charge >= 0.3 is 0 Å². The van der Waals surface area contributed by atoms with Gasteiger partial charge in [-0.2, -0.15) is 4.98 Å². The van der Waals surface area contributed by atoms with Gasteiger partial charge in [0, 0.05) is 19.2 Å². The molecule has 1 aromatic carbocycles. The van der Waals surface area contributed by atoms with Gasteiger partial charge in [-0.05, 0) is 31.7 Å². The molecule has 2 aromatic rings. The molecule has 1 aliphatic rings. The van der Waals surface area contributed by atoms with Crippen molar-refractivity contribution >= 4 is 23.2 Å². The van der Waals surface area contributed by atoms with Crippen molar-refractivity contribution in [3.63, 3.8) is 0 Å². The molecule has 1 aliphatic heterocycles. The number of benzene rings is 1. The molecule has 0 bridgehead atoms. The second-order valence-electron chi connectivity index (χ2n) is 5.54. The van der Waals surface area contributed by atoms with Gasteiger partial charge in [0.15, 0.2) is 5.82 Å². The number of halogens is 2. The van der Waals surface area contributed by atoms with E-state index in [0.717, 1.165) is 0 Å². The number of rotatable bonds is 4. The summed E-state index contributed by atoms with van der Waals surface area (Å²) in [6, 6.07) is 4.02. The van der Waals surface area contributed by atoms with Crippen molar-refractivity contribution in [2.75, 3.05) is 18.5 Å². The van der Waals surface area contributed by atoms with E-state index in [9.17, 15) is 9.18 Å². The number of carbonyl (C=O) groups is 1. The van der Waals surface area contributed by atoms with Gasteiger partial charge in [-0.3, -0.25) is 9.69 Å². The highest BCUT2D eigenvalue weighted by molar-refractivity contribution is 6.31. The van der Waals surface area contributed by atoms with Crippen LogP contribution in [-0.2, 0) is 11.3 Å². The van der Waals surface area contributed by atoms with E-state index in [1.807, 2.05) is 11.9 Å². The van der Waals surface area contributed by atoms with Crippen molar-refractivity contribution in [1.82, 2.24) is 15.0 Å². The Morgan fingerprint density at radius 3 is 2.96 bits per heavy atom. The Morgan fingerprint density at radius 1 is 1.52 bits per heavy atom. The van der Waals surface area contributed by atoms with Crippen LogP contribution in [0.5, 0.6) is 0 Å². The first kappa shape index (κ1) is 15.9. The Morgan fingerprint density at radius 2 is 2.30 bits per heavy atom. The Bertz CT molecular complexity index is 736. The number of hydrogen-bond acceptors (Lipinski definition) is 5. The first-order valence-corrected chi connectivity index (χ1v) is 7.59. The zero-order chi connectivity index (χ0) is 16.6. The smallest absolute Gasteiger partial charge is 0.244 e. The zero-order valence-electron chi connectivity index (χ0n) is 12.8. The molecular formula is C15H16ClFN4O2. The first-order chi connectivity index (χ1) is 11.0. The third kappa shape index (κ3) is 3.20. The highest BCUT2D eigenvalue weighted by Gasteiger charge is 2.35. The SMILES string of the molecule is Cc1nc(CN(C)[C@H]2CCN(c3ccc(F)c(Cl)c3)C2=O)no1. The minimum Gasteiger partial charge on any atom is -0.340 e. The van der Waals surface area contributed by atoms with E-state index in [2.05, 4.69) is 10.1 Å². The summed E-state index contributed by atoms with van der Waals surface area (Å²) in [6.45, 7) is 2.70. The molecule has 122 valence electrons. The standard InChI is InChI=1S/C15H16ClFN4O2/c1-9-18-14(19-23-9)8-20(2)13-5-6-21(15(13)22)10-3-4-12(17)11(16)7-10/h3-4,7,13H,5-6,8H2,1-2H3/t13-/m0/s1. The summed E-state index contributed by atoms with van der Waals surface area (Å²) in [5.74, 6) is 0.494. The van der Waals surface area contributed by atoms with Crippen molar-refractivity contribution < 1.29 is 13.7 Å². The summed E-state index contributed by atoms with van der Waals surface area (Å²) in [5, 5.41) is 3.85. The highest BCUT2D eigenvalue weighted by Crippen LogP contribution is 2.28. The van der Waals surface area contributed by atoms with Crippen LogP contribution in [0.25, 0.3) is 0 Å². The van der Waals surface area contributed by atoms with Crippen LogP contribution in [-0.4, -0.2) is 40.6 Å². The molecule has 1 fully saturated rings. The molecule has 1 saturated heterocycles. The average molecular weight is 339 g/mol. The summed E-state index contributed by atoms with van der Waals surface area (Å²) in [5.41, 5.74) is 0.604. The molecule has 0 unspecified atom stereocenters. The molecule has 0 N–H and O–H groups in total. The van der Waals surface area contributed by atoms with E-state index in [4.69, 9.17) is 16.1 Å². The molecule has 0 spiro atoms. The fourth-order valence-electron chi connectivity index (χ4n) is 2.72. The van der Waals surface area contributed by atoms with Crippen LogP contribution in [0.3, 0.4) is 0 Å². The molecular weight excluding hydrogens is 323 g/mol. The van der Waals surface area contributed by atoms with Crippen LogP contribution in [0.15, 0.2) is 22.7 Å². The third-order valence-electron chi connectivity index (χ3n) is 3.88. The van der Waals surface area contributed by atoms with Crippen LogP contribution < -0.4 is 4.90 Å². The minimum atomic E-state index is -0.497. The van der Waals surface area contributed by atoms with E-state index in [-0.39, 0.29) is 17.0 Å². The van der Waals surface area contributed by atoms with E-state index >= 15 is 0 Å². The fraction of sp³-hybridized carbons (Fsp3) is 0.400. The van der Waals surface area contributed by atoms with Crippen molar-refractivity contribution in [2.45, 2.75) is 25.9 Å². The quantitative estimate of drug-likeness (QED) is 0.856. The Kier molecular flexibility index (Phi) is 4.32. The predicted molar refractivity (Wildman–Crippen MR) is 82.7 cm³/mol. The molecule has 2 heterocycles. The topological polar surface area (TPSA) is 62.5 Å². The molecule has 1 amide bonds. The summed E-state index contributed by atoms with van der Waals surface area (Å²) >= 11 is 5.80. The molecule has 0 radical (unpaired) electrons. The Labute approximate surface area is 137 Å². The lowest BCUT2D eigenvalue weighted by molar-refractivity contribution is -0.121. The van der Waals surface area contributed by atoms with Crippen LogP contribution >= 0.6 is 11.6 Å². The van der Waals surface area contributed by atoms with Gasteiger partial charge in [-0.15, -0.1) is 0 Å². The number of nitrogens with zero attached hydrogens (tertiary/aromatic N) is 4. The van der Waals surface area contributed by atoms with E-state index < -0.39 is 5.82 Å². The molecule has 1 aromatic heterocycles. The van der Waals surface area contributed by atoms with Crippen molar-refractivity contribution in [3.05, 3.63) is 40.8 Å². The molecule has 23 heavy (non-hydrogen) atoms. The largest absolute Gasteiger partial charge is 0.340 e. The van der Waals surface area contributed by atoms with Crippen molar-refractivity contribution in [1.29, 1.82) is 0 Å². The lowest BCUT2D eigenvalue weighted by atomic mass is 10.2. The number of anilines is 1. The molecule has 3 rings (SSSR count). The van der Waals surface area contributed by atoms with Gasteiger partial charge in [-0.25, -0.2) is 4.39 Å². The van der Waals surface area contributed by atoms with Crippen LogP contribution in [0.2, 0.25) is 5.02 Å². The van der Waals surface area contributed by atoms with Gasteiger partial charge in [0.2, 0.25) is 11.8 Å². The van der Waals surface area contributed by atoms with Crippen molar-refractivity contribution in [2.24, 2.45) is 0 Å². The zero-order valence-corrected chi connectivity index (χ0v) is 13.5. The van der Waals surface area contributed by atoms with Gasteiger partial charge in [0.25, 0.3) is 0 Å². The monoisotopic (exact) mass is 338 g/mol. The molecule has 8 heteroatoms. The summed E-state index contributed by atoms with van der Waals surface area (Å²) in [6.07, 6.45) is 0.668. The van der Waals surface area contributed by atoms with E-state index in [1.54, 1.807) is 17.9 Å². The summed E-state index contributed by atoms with van der Waals surface area (Å²) < 4.78 is 18.2. The van der Waals surface area contributed by atoms with Crippen molar-refractivity contribution in [3.8, 4) is 0 Å². The maximum atomic E-state index is 13.3. The maximum Gasteiger partial charge on any atom is 0.244 e. The fourth-order valence-corrected chi connectivity index (χ4v) is 2.90. The van der Waals surface area contributed by atoms with Crippen LogP contribution in [0.1, 0.15) is 18.1 Å². The second-order valence-corrected chi connectivity index (χ2v) is 5.94. The maximum absolute atomic E-state index is 13.3. The molecule has 0 aliphatic carbocycles. The Hall–Kier alpha value is -1.99. The van der Waals surface area contributed by atoms with Gasteiger partial charge in [-0.1, -0.05) is 16.8 Å². The molecule has 6 nitrogen and oxygen atoms in total. The summed E-state index contributed by atoms with van der Waals surface area (Å²) in [7, 11) is 1.84. The number of carbonyl (C=O) groups excluding carboxylic acids is 1. The normalized spacial score (nSPS) is 18.2. The second kappa shape index (κ2) is 6.25. The number of amides is 1. The van der Waals surface area contributed by atoms with Gasteiger partial charge in [0.1, 0.15) is 5.82 Å². The van der Waals surface area contributed by atoms with Gasteiger partial charge < -0.3 is 9.42 Å². The van der Waals surface area contributed by atoms with E-state index in [0.29, 0.717) is 36.9 Å². The highest BCUT2D eigenvalue weighted by atomic mass is 35.5. The van der Waals surface area contributed by atoms with Crippen LogP contribution in [0.4, 0.5) is 10.1 Å². The van der Waals surface area contributed by atoms with Gasteiger partial charge in [0.05, 0.1) is 17.6 Å². The average Bonchev–Trinajstić information content (AvgIpc) is 3.08. The summed E-state index contributed by atoms with van der Waals surface area (Å²) in [4.78, 5) is 20.3. The number of likely N-dealkylation sites (N-methyl/N-ethyl adjacent to an activating group) is 1. The number of hydrogen-bond donors (Lipinski definition) is 0. The lowest BCUT2D eigenvalue weighted by Gasteiger charge is -2.22. The number of aryl methyl sites for hydroxylation is 1. The number of aromatic nitrogens is 2. The van der Waals surface area contributed by atoms with E-state index in [1.165, 1.54) is 12.1 Å². The lowest BCUT2D eigenvalue weighted by Crippen LogP contribution is -2.39. The third-order valence-corrected chi connectivity index (χ3v) is 4.17. The predicted octanol–water partition coefficient (Wildman–Crippen LogP) is 2.41. The Balaban J connectivity index is 1.71. The van der Waals surface area contributed by atoms with Crippen LogP contribution in [0, 0.1) is 12.7 Å². The molecule has 1 atom stereocenters.